The zero-order valence-corrected chi connectivity index (χ0v) is 8.10. The lowest BCUT2D eigenvalue weighted by Gasteiger charge is -1.99. The van der Waals surface area contributed by atoms with Crippen molar-refractivity contribution in [1.29, 1.82) is 0 Å². The molecular weight excluding hydrogens is 178 g/mol. The molecule has 0 atom stereocenters. The smallest absolute Gasteiger partial charge is 0.0923 e. The lowest BCUT2D eigenvalue weighted by molar-refractivity contribution is 0.789. The van der Waals surface area contributed by atoms with Gasteiger partial charge in [-0.3, -0.25) is 9.97 Å². The molecule has 2 aromatic rings. The predicted molar refractivity (Wildman–Crippen MR) is 52.9 cm³/mol. The van der Waals surface area contributed by atoms with Crippen LogP contribution in [0.25, 0.3) is 11.3 Å². The van der Waals surface area contributed by atoms with Crippen LogP contribution < -0.4 is 5.84 Å². The number of aromatic nitrogens is 4. The molecule has 0 aliphatic rings. The summed E-state index contributed by atoms with van der Waals surface area (Å²) < 4.78 is 0. The quantitative estimate of drug-likeness (QED) is 0.669. The first-order valence-electron chi connectivity index (χ1n) is 4.28. The topological polar surface area (TPSA) is 69.6 Å². The first kappa shape index (κ1) is 8.68. The maximum absolute atomic E-state index is 5.64. The minimum Gasteiger partial charge on any atom is -0.323 e. The van der Waals surface area contributed by atoms with Crippen LogP contribution in [-0.4, -0.2) is 19.9 Å². The lowest BCUT2D eigenvalue weighted by atomic mass is 10.1. The van der Waals surface area contributed by atoms with Crippen molar-refractivity contribution < 1.29 is 0 Å². The molecule has 0 radical (unpaired) electrons. The Balaban J connectivity index is 2.62. The number of aryl methyl sites for hydroxylation is 1. The van der Waals surface area contributed by atoms with Gasteiger partial charge in [0.15, 0.2) is 0 Å². The van der Waals surface area contributed by atoms with E-state index in [-0.39, 0.29) is 0 Å². The summed E-state index contributed by atoms with van der Waals surface area (Å²) in [4.78, 5) is 9.59. The molecule has 0 fully saturated rings. The van der Waals surface area contributed by atoms with Gasteiger partial charge in [-0.25, -0.2) is 0 Å². The third-order valence-electron chi connectivity index (χ3n) is 2.14. The number of nitrogens with two attached hydrogens (primary N) is 1. The summed E-state index contributed by atoms with van der Waals surface area (Å²) in [6.45, 7) is 3.81. The minimum atomic E-state index is 0.805. The van der Waals surface area contributed by atoms with Gasteiger partial charge < -0.3 is 5.84 Å². The van der Waals surface area contributed by atoms with Gasteiger partial charge in [-0.2, -0.15) is 9.89 Å². The normalized spacial score (nSPS) is 10.4. The van der Waals surface area contributed by atoms with Crippen molar-refractivity contribution >= 4 is 0 Å². The van der Waals surface area contributed by atoms with Crippen LogP contribution in [0.2, 0.25) is 0 Å². The fourth-order valence-electron chi connectivity index (χ4n) is 1.46. The van der Waals surface area contributed by atoms with Gasteiger partial charge in [0.25, 0.3) is 0 Å². The molecule has 5 heteroatoms. The van der Waals surface area contributed by atoms with Gasteiger partial charge in [0.05, 0.1) is 23.3 Å². The standard InChI is InChI=1S/C9H11N5/c1-6-9(7(2)14(10)13-6)8-5-11-3-4-12-8/h3-5H,10H2,1-2H3. The van der Waals surface area contributed by atoms with E-state index in [0.29, 0.717) is 0 Å². The Labute approximate surface area is 81.6 Å². The van der Waals surface area contributed by atoms with Crippen molar-refractivity contribution in [2.24, 2.45) is 0 Å². The highest BCUT2D eigenvalue weighted by molar-refractivity contribution is 5.63. The van der Waals surface area contributed by atoms with Crippen LogP contribution in [0.4, 0.5) is 0 Å². The van der Waals surface area contributed by atoms with E-state index < -0.39 is 0 Å². The average molecular weight is 189 g/mol. The monoisotopic (exact) mass is 189 g/mol. The first-order valence-corrected chi connectivity index (χ1v) is 4.28. The molecule has 2 heterocycles. The molecule has 0 saturated carbocycles. The molecule has 0 aliphatic carbocycles. The maximum Gasteiger partial charge on any atom is 0.0923 e. The van der Waals surface area contributed by atoms with E-state index in [0.717, 1.165) is 22.6 Å². The number of rotatable bonds is 1. The van der Waals surface area contributed by atoms with Gasteiger partial charge in [0.2, 0.25) is 0 Å². The van der Waals surface area contributed by atoms with Crippen molar-refractivity contribution in [3.8, 4) is 11.3 Å². The largest absolute Gasteiger partial charge is 0.323 e. The fourth-order valence-corrected chi connectivity index (χ4v) is 1.46. The highest BCUT2D eigenvalue weighted by atomic mass is 15.5. The minimum absolute atomic E-state index is 0.805. The van der Waals surface area contributed by atoms with E-state index in [9.17, 15) is 0 Å². The Morgan fingerprint density at radius 3 is 2.57 bits per heavy atom. The van der Waals surface area contributed by atoms with E-state index in [1.807, 2.05) is 13.8 Å². The van der Waals surface area contributed by atoms with Crippen molar-refractivity contribution in [1.82, 2.24) is 19.9 Å². The van der Waals surface area contributed by atoms with Gasteiger partial charge in [-0.15, -0.1) is 0 Å². The molecule has 14 heavy (non-hydrogen) atoms. The summed E-state index contributed by atoms with van der Waals surface area (Å²) in [6, 6.07) is 0. The summed E-state index contributed by atoms with van der Waals surface area (Å²) in [5.74, 6) is 5.64. The Hall–Kier alpha value is -1.91. The Kier molecular flexibility index (Phi) is 1.92. The van der Waals surface area contributed by atoms with Crippen LogP contribution in [0.1, 0.15) is 11.4 Å². The van der Waals surface area contributed by atoms with Crippen molar-refractivity contribution in [2.75, 3.05) is 5.84 Å². The molecular formula is C9H11N5. The number of nitrogens with zero attached hydrogens (tertiary/aromatic N) is 4. The molecule has 0 amide bonds. The predicted octanol–water partition coefficient (Wildman–Crippen LogP) is 0.671. The average Bonchev–Trinajstić information content (AvgIpc) is 2.43. The Morgan fingerprint density at radius 1 is 1.29 bits per heavy atom. The number of hydrogen-bond acceptors (Lipinski definition) is 4. The number of hydrogen-bond donors (Lipinski definition) is 1. The van der Waals surface area contributed by atoms with Gasteiger partial charge in [-0.05, 0) is 13.8 Å². The number of nitrogen functional groups attached to an aromatic ring is 1. The van der Waals surface area contributed by atoms with Crippen LogP contribution in [0.5, 0.6) is 0 Å². The third kappa shape index (κ3) is 1.22. The summed E-state index contributed by atoms with van der Waals surface area (Å²) in [7, 11) is 0. The van der Waals surface area contributed by atoms with Crippen molar-refractivity contribution in [2.45, 2.75) is 13.8 Å². The third-order valence-corrected chi connectivity index (χ3v) is 2.14. The second-order valence-electron chi connectivity index (χ2n) is 3.08. The molecule has 2 rings (SSSR count). The van der Waals surface area contributed by atoms with E-state index in [1.165, 1.54) is 4.79 Å². The molecule has 0 bridgehead atoms. The van der Waals surface area contributed by atoms with Gasteiger partial charge in [0, 0.05) is 18.0 Å². The van der Waals surface area contributed by atoms with Crippen LogP contribution >= 0.6 is 0 Å². The molecule has 2 aromatic heterocycles. The summed E-state index contributed by atoms with van der Waals surface area (Å²) in [5.41, 5.74) is 3.52. The van der Waals surface area contributed by atoms with Crippen LogP contribution in [0.15, 0.2) is 18.6 Å². The summed E-state index contributed by atoms with van der Waals surface area (Å²) in [5, 5.41) is 4.11. The molecule has 0 aliphatic heterocycles. The SMILES string of the molecule is Cc1nn(N)c(C)c1-c1cnccn1. The van der Waals surface area contributed by atoms with Crippen molar-refractivity contribution in [3.05, 3.63) is 30.0 Å². The molecule has 0 saturated heterocycles. The summed E-state index contributed by atoms with van der Waals surface area (Å²) in [6.07, 6.45) is 5.00. The molecule has 0 aromatic carbocycles. The Bertz CT molecular complexity index is 446. The molecule has 2 N–H and O–H groups in total. The van der Waals surface area contributed by atoms with Gasteiger partial charge in [-0.1, -0.05) is 0 Å². The maximum atomic E-state index is 5.64. The van der Waals surface area contributed by atoms with Crippen LogP contribution in [0.3, 0.4) is 0 Å². The van der Waals surface area contributed by atoms with Gasteiger partial charge in [0.1, 0.15) is 0 Å². The second kappa shape index (κ2) is 3.10. The van der Waals surface area contributed by atoms with E-state index in [1.54, 1.807) is 18.6 Å². The molecule has 0 unspecified atom stereocenters. The van der Waals surface area contributed by atoms with Crippen LogP contribution in [0, 0.1) is 13.8 Å². The highest BCUT2D eigenvalue weighted by Gasteiger charge is 2.12. The molecule has 0 spiro atoms. The Morgan fingerprint density at radius 2 is 2.07 bits per heavy atom. The lowest BCUT2D eigenvalue weighted by Crippen LogP contribution is -2.11. The van der Waals surface area contributed by atoms with Crippen molar-refractivity contribution in [3.63, 3.8) is 0 Å². The summed E-state index contributed by atoms with van der Waals surface area (Å²) >= 11 is 0. The zero-order valence-electron chi connectivity index (χ0n) is 8.10. The molecule has 5 nitrogen and oxygen atoms in total. The van der Waals surface area contributed by atoms with Crippen LogP contribution in [-0.2, 0) is 0 Å². The fraction of sp³-hybridized carbons (Fsp3) is 0.222. The zero-order chi connectivity index (χ0) is 10.1. The van der Waals surface area contributed by atoms with Gasteiger partial charge >= 0.3 is 0 Å². The first-order chi connectivity index (χ1) is 6.70. The highest BCUT2D eigenvalue weighted by Crippen LogP contribution is 2.22. The second-order valence-corrected chi connectivity index (χ2v) is 3.08. The van der Waals surface area contributed by atoms with E-state index in [2.05, 4.69) is 15.1 Å². The van der Waals surface area contributed by atoms with E-state index >= 15 is 0 Å². The molecule has 72 valence electrons. The van der Waals surface area contributed by atoms with E-state index in [4.69, 9.17) is 5.84 Å².